The fraction of sp³-hybridized carbons (Fsp3) is 0.312. The van der Waals surface area contributed by atoms with Crippen molar-refractivity contribution in [3.8, 4) is 5.75 Å². The monoisotopic (exact) mass is 366 g/mol. The second-order valence-electron chi connectivity index (χ2n) is 5.68. The summed E-state index contributed by atoms with van der Waals surface area (Å²) >= 11 is 1.29. The summed E-state index contributed by atoms with van der Waals surface area (Å²) < 4.78 is 26.6. The Balaban J connectivity index is 1.89. The molecule has 1 saturated heterocycles. The molecule has 1 aromatic carbocycles. The highest BCUT2D eigenvalue weighted by atomic mass is 32.2. The minimum Gasteiger partial charge on any atom is -0.506 e. The van der Waals surface area contributed by atoms with E-state index in [0.29, 0.717) is 18.0 Å². The Hall–Kier alpha value is -1.90. The number of rotatable bonds is 4. The van der Waals surface area contributed by atoms with Gasteiger partial charge in [-0.2, -0.15) is 4.31 Å². The molecule has 0 radical (unpaired) electrons. The molecule has 1 aromatic heterocycles. The SMILES string of the molecule is Cc1ccsc1C(=O)Nc1cc(S(=O)(=O)N2CCCC2)ccc1O. The minimum absolute atomic E-state index is 0.0698. The molecule has 1 amide bonds. The van der Waals surface area contributed by atoms with E-state index in [9.17, 15) is 18.3 Å². The van der Waals surface area contributed by atoms with E-state index in [-0.39, 0.29) is 22.2 Å². The molecule has 24 heavy (non-hydrogen) atoms. The van der Waals surface area contributed by atoms with E-state index in [1.165, 1.54) is 33.8 Å². The van der Waals surface area contributed by atoms with E-state index < -0.39 is 10.0 Å². The quantitative estimate of drug-likeness (QED) is 0.815. The van der Waals surface area contributed by atoms with Gasteiger partial charge in [0.1, 0.15) is 5.75 Å². The Labute approximate surface area is 144 Å². The van der Waals surface area contributed by atoms with Crippen molar-refractivity contribution in [3.05, 3.63) is 40.1 Å². The highest BCUT2D eigenvalue weighted by Crippen LogP contribution is 2.30. The smallest absolute Gasteiger partial charge is 0.266 e. The molecule has 1 aliphatic heterocycles. The van der Waals surface area contributed by atoms with Crippen molar-refractivity contribution in [2.45, 2.75) is 24.7 Å². The van der Waals surface area contributed by atoms with Gasteiger partial charge in [0.2, 0.25) is 10.0 Å². The molecular weight excluding hydrogens is 348 g/mol. The second-order valence-corrected chi connectivity index (χ2v) is 8.53. The Kier molecular flexibility index (Phi) is 4.62. The first-order chi connectivity index (χ1) is 11.4. The number of hydrogen-bond donors (Lipinski definition) is 2. The van der Waals surface area contributed by atoms with Gasteiger partial charge in [0.05, 0.1) is 15.5 Å². The number of carbonyl (C=O) groups excluding carboxylic acids is 1. The van der Waals surface area contributed by atoms with Gasteiger partial charge in [-0.05, 0) is 55.0 Å². The van der Waals surface area contributed by atoms with Gasteiger partial charge >= 0.3 is 0 Å². The van der Waals surface area contributed by atoms with Crippen LogP contribution in [-0.2, 0) is 10.0 Å². The number of amides is 1. The van der Waals surface area contributed by atoms with Crippen LogP contribution in [-0.4, -0.2) is 36.8 Å². The molecule has 2 N–H and O–H groups in total. The van der Waals surface area contributed by atoms with Crippen molar-refractivity contribution in [1.82, 2.24) is 4.31 Å². The predicted molar refractivity (Wildman–Crippen MR) is 93.1 cm³/mol. The number of thiophene rings is 1. The lowest BCUT2D eigenvalue weighted by Crippen LogP contribution is -2.27. The topological polar surface area (TPSA) is 86.7 Å². The van der Waals surface area contributed by atoms with E-state index >= 15 is 0 Å². The average molecular weight is 366 g/mol. The molecule has 0 atom stereocenters. The number of phenolic OH excluding ortho intramolecular Hbond substituents is 1. The summed E-state index contributed by atoms with van der Waals surface area (Å²) in [7, 11) is -3.60. The van der Waals surface area contributed by atoms with Crippen LogP contribution >= 0.6 is 11.3 Å². The first kappa shape index (κ1) is 16.9. The molecule has 0 bridgehead atoms. The van der Waals surface area contributed by atoms with Gasteiger partial charge in [-0.1, -0.05) is 0 Å². The fourth-order valence-electron chi connectivity index (χ4n) is 2.64. The van der Waals surface area contributed by atoms with E-state index in [2.05, 4.69) is 5.32 Å². The number of carbonyl (C=O) groups is 1. The van der Waals surface area contributed by atoms with Gasteiger partial charge in [-0.15, -0.1) is 11.3 Å². The lowest BCUT2D eigenvalue weighted by molar-refractivity contribution is 0.102. The molecule has 2 heterocycles. The Morgan fingerprint density at radius 2 is 1.96 bits per heavy atom. The number of benzene rings is 1. The normalized spacial score (nSPS) is 15.5. The number of phenols is 1. The largest absolute Gasteiger partial charge is 0.506 e. The van der Waals surface area contributed by atoms with Gasteiger partial charge in [0.15, 0.2) is 0 Å². The lowest BCUT2D eigenvalue weighted by Gasteiger charge is -2.16. The maximum Gasteiger partial charge on any atom is 0.266 e. The summed E-state index contributed by atoms with van der Waals surface area (Å²) in [6.45, 7) is 2.82. The zero-order valence-corrected chi connectivity index (χ0v) is 14.8. The molecule has 8 heteroatoms. The average Bonchev–Trinajstić information content (AvgIpc) is 3.20. The second kappa shape index (κ2) is 6.54. The van der Waals surface area contributed by atoms with Crippen LogP contribution in [0.1, 0.15) is 28.1 Å². The van der Waals surface area contributed by atoms with Crippen molar-refractivity contribution in [2.75, 3.05) is 18.4 Å². The van der Waals surface area contributed by atoms with Crippen molar-refractivity contribution < 1.29 is 18.3 Å². The highest BCUT2D eigenvalue weighted by Gasteiger charge is 2.28. The first-order valence-electron chi connectivity index (χ1n) is 7.58. The Morgan fingerprint density at radius 3 is 2.58 bits per heavy atom. The summed E-state index contributed by atoms with van der Waals surface area (Å²) in [5.74, 6) is -0.536. The van der Waals surface area contributed by atoms with Crippen LogP contribution in [0.15, 0.2) is 34.5 Å². The van der Waals surface area contributed by atoms with Crippen LogP contribution in [0, 0.1) is 6.92 Å². The van der Waals surface area contributed by atoms with Crippen LogP contribution < -0.4 is 5.32 Å². The molecule has 0 aliphatic carbocycles. The summed E-state index contributed by atoms with van der Waals surface area (Å²) in [6, 6.07) is 5.78. The summed E-state index contributed by atoms with van der Waals surface area (Å²) in [5, 5.41) is 14.4. The highest BCUT2D eigenvalue weighted by molar-refractivity contribution is 7.89. The third-order valence-corrected chi connectivity index (χ3v) is 6.90. The van der Waals surface area contributed by atoms with Crippen LogP contribution in [0.4, 0.5) is 5.69 Å². The van der Waals surface area contributed by atoms with Gasteiger partial charge in [0.25, 0.3) is 5.91 Å². The standard InChI is InChI=1S/C16H18N2O4S2/c1-11-6-9-23-15(11)16(20)17-13-10-12(4-5-14(13)19)24(21,22)18-7-2-3-8-18/h4-6,9-10,19H,2-3,7-8H2,1H3,(H,17,20). The Morgan fingerprint density at radius 1 is 1.25 bits per heavy atom. The number of hydrogen-bond acceptors (Lipinski definition) is 5. The summed E-state index contributed by atoms with van der Waals surface area (Å²) in [4.78, 5) is 12.9. The molecule has 0 unspecified atom stereocenters. The third-order valence-electron chi connectivity index (χ3n) is 3.99. The maximum absolute atomic E-state index is 12.6. The van der Waals surface area contributed by atoms with E-state index in [0.717, 1.165) is 18.4 Å². The van der Waals surface area contributed by atoms with Crippen molar-refractivity contribution >= 4 is 33.0 Å². The van der Waals surface area contributed by atoms with Crippen LogP contribution in [0.25, 0.3) is 0 Å². The van der Waals surface area contributed by atoms with Crippen LogP contribution in [0.2, 0.25) is 0 Å². The third kappa shape index (κ3) is 3.17. The van der Waals surface area contributed by atoms with Crippen molar-refractivity contribution in [2.24, 2.45) is 0 Å². The molecule has 128 valence electrons. The van der Waals surface area contributed by atoms with E-state index in [1.54, 1.807) is 5.38 Å². The van der Waals surface area contributed by atoms with Crippen LogP contribution in [0.5, 0.6) is 5.75 Å². The zero-order valence-electron chi connectivity index (χ0n) is 13.2. The number of nitrogens with one attached hydrogen (secondary N) is 1. The van der Waals surface area contributed by atoms with Gasteiger partial charge in [-0.25, -0.2) is 8.42 Å². The van der Waals surface area contributed by atoms with Crippen molar-refractivity contribution in [3.63, 3.8) is 0 Å². The number of aromatic hydroxyl groups is 1. The molecule has 1 aliphatic rings. The van der Waals surface area contributed by atoms with Gasteiger partial charge in [-0.3, -0.25) is 4.79 Å². The van der Waals surface area contributed by atoms with E-state index in [4.69, 9.17) is 0 Å². The molecule has 6 nitrogen and oxygen atoms in total. The van der Waals surface area contributed by atoms with Gasteiger partial charge in [0, 0.05) is 13.1 Å². The number of anilines is 1. The Bertz CT molecular complexity index is 868. The minimum atomic E-state index is -3.60. The fourth-order valence-corrected chi connectivity index (χ4v) is 5.00. The molecular formula is C16H18N2O4S2. The zero-order chi connectivity index (χ0) is 17.3. The van der Waals surface area contributed by atoms with Gasteiger partial charge < -0.3 is 10.4 Å². The number of nitrogens with zero attached hydrogens (tertiary/aromatic N) is 1. The molecule has 1 fully saturated rings. The van der Waals surface area contributed by atoms with Crippen molar-refractivity contribution in [1.29, 1.82) is 0 Å². The predicted octanol–water partition coefficient (Wildman–Crippen LogP) is 2.80. The molecule has 0 spiro atoms. The van der Waals surface area contributed by atoms with E-state index in [1.807, 2.05) is 13.0 Å². The summed E-state index contributed by atoms with van der Waals surface area (Å²) in [6.07, 6.45) is 1.69. The lowest BCUT2D eigenvalue weighted by atomic mass is 10.2. The number of aryl methyl sites for hydroxylation is 1. The first-order valence-corrected chi connectivity index (χ1v) is 9.90. The molecule has 0 saturated carbocycles. The maximum atomic E-state index is 12.6. The molecule has 2 aromatic rings. The van der Waals surface area contributed by atoms with Crippen LogP contribution in [0.3, 0.4) is 0 Å². The number of sulfonamides is 1. The molecule has 3 rings (SSSR count). The summed E-state index contributed by atoms with van der Waals surface area (Å²) in [5.41, 5.74) is 0.922.